The third-order valence-electron chi connectivity index (χ3n) is 5.51. The summed E-state index contributed by atoms with van der Waals surface area (Å²) < 4.78 is 10.5. The summed E-state index contributed by atoms with van der Waals surface area (Å²) in [4.78, 5) is 27.4. The molecule has 0 bridgehead atoms. The van der Waals surface area contributed by atoms with Gasteiger partial charge in [0.15, 0.2) is 11.5 Å². The predicted molar refractivity (Wildman–Crippen MR) is 113 cm³/mol. The second-order valence-electron chi connectivity index (χ2n) is 7.39. The van der Waals surface area contributed by atoms with Crippen molar-refractivity contribution in [2.75, 3.05) is 32.6 Å². The van der Waals surface area contributed by atoms with Crippen molar-refractivity contribution in [1.29, 1.82) is 0 Å². The highest BCUT2D eigenvalue weighted by molar-refractivity contribution is 5.96. The van der Waals surface area contributed by atoms with Gasteiger partial charge in [0.1, 0.15) is 0 Å². The highest BCUT2D eigenvalue weighted by Gasteiger charge is 2.28. The lowest BCUT2D eigenvalue weighted by Gasteiger charge is -2.31. The molecule has 2 amide bonds. The molecule has 1 N–H and O–H groups in total. The molecule has 1 heterocycles. The van der Waals surface area contributed by atoms with E-state index in [1.807, 2.05) is 32.0 Å². The van der Waals surface area contributed by atoms with Gasteiger partial charge in [-0.1, -0.05) is 18.2 Å². The van der Waals surface area contributed by atoms with Crippen LogP contribution in [-0.4, -0.2) is 44.0 Å². The van der Waals surface area contributed by atoms with Crippen molar-refractivity contribution in [2.45, 2.75) is 26.7 Å². The lowest BCUT2D eigenvalue weighted by atomic mass is 9.95. The Morgan fingerprint density at radius 3 is 2.17 bits per heavy atom. The monoisotopic (exact) mass is 396 g/mol. The Bertz CT molecular complexity index is 881. The van der Waals surface area contributed by atoms with Crippen molar-refractivity contribution >= 4 is 17.5 Å². The molecule has 1 saturated heterocycles. The molecule has 29 heavy (non-hydrogen) atoms. The van der Waals surface area contributed by atoms with Crippen molar-refractivity contribution < 1.29 is 19.1 Å². The number of ether oxygens (including phenoxy) is 2. The molecule has 154 valence electrons. The fraction of sp³-hybridized carbons (Fsp3) is 0.391. The van der Waals surface area contributed by atoms with Crippen molar-refractivity contribution in [3.8, 4) is 11.5 Å². The molecule has 0 saturated carbocycles. The average Bonchev–Trinajstić information content (AvgIpc) is 2.75. The Balaban J connectivity index is 1.61. The maximum absolute atomic E-state index is 12.9. The smallest absolute Gasteiger partial charge is 0.253 e. The second-order valence-corrected chi connectivity index (χ2v) is 7.39. The summed E-state index contributed by atoms with van der Waals surface area (Å²) in [5, 5.41) is 3.08. The van der Waals surface area contributed by atoms with Gasteiger partial charge in [-0.2, -0.15) is 0 Å². The van der Waals surface area contributed by atoms with Gasteiger partial charge in [0.05, 0.1) is 14.2 Å². The van der Waals surface area contributed by atoms with Gasteiger partial charge in [-0.05, 0) is 56.0 Å². The maximum atomic E-state index is 12.9. The minimum atomic E-state index is -0.0940. The van der Waals surface area contributed by atoms with Crippen molar-refractivity contribution in [3.63, 3.8) is 0 Å². The number of carbonyl (C=O) groups is 2. The fourth-order valence-electron chi connectivity index (χ4n) is 3.73. The zero-order chi connectivity index (χ0) is 21.0. The normalized spacial score (nSPS) is 14.4. The molecular formula is C23H28N2O4. The van der Waals surface area contributed by atoms with Crippen LogP contribution in [0.3, 0.4) is 0 Å². The maximum Gasteiger partial charge on any atom is 0.253 e. The second kappa shape index (κ2) is 8.99. The Labute approximate surface area is 171 Å². The standard InChI is InChI=1S/C23H28N2O4/c1-15-6-5-7-16(2)21(15)24-22(26)17-10-12-25(13-11-17)23(27)18-8-9-19(28-3)20(14-18)29-4/h5-9,14,17H,10-13H2,1-4H3,(H,24,26). The van der Waals surface area contributed by atoms with Crippen LogP contribution in [0.1, 0.15) is 34.3 Å². The molecule has 2 aromatic carbocycles. The zero-order valence-electron chi connectivity index (χ0n) is 17.5. The molecule has 0 aliphatic carbocycles. The number of likely N-dealkylation sites (tertiary alicyclic amines) is 1. The first-order valence-electron chi connectivity index (χ1n) is 9.83. The van der Waals surface area contributed by atoms with Crippen LogP contribution in [-0.2, 0) is 4.79 Å². The number of amides is 2. The summed E-state index contributed by atoms with van der Waals surface area (Å²) in [5.74, 6) is 0.996. The van der Waals surface area contributed by atoms with Crippen LogP contribution in [0.25, 0.3) is 0 Å². The number of nitrogens with zero attached hydrogens (tertiary/aromatic N) is 1. The van der Waals surface area contributed by atoms with E-state index in [0.29, 0.717) is 43.0 Å². The summed E-state index contributed by atoms with van der Waals surface area (Å²) in [6.07, 6.45) is 1.30. The quantitative estimate of drug-likeness (QED) is 0.834. The molecule has 0 radical (unpaired) electrons. The summed E-state index contributed by atoms with van der Waals surface area (Å²) in [6.45, 7) is 5.09. The third kappa shape index (κ3) is 4.53. The van der Waals surface area contributed by atoms with Crippen LogP contribution in [0, 0.1) is 19.8 Å². The number of aryl methyl sites for hydroxylation is 2. The predicted octanol–water partition coefficient (Wildman–Crippen LogP) is 3.81. The van der Waals surface area contributed by atoms with Gasteiger partial charge in [0, 0.05) is 30.3 Å². The van der Waals surface area contributed by atoms with Crippen LogP contribution < -0.4 is 14.8 Å². The van der Waals surface area contributed by atoms with Gasteiger partial charge in [-0.3, -0.25) is 9.59 Å². The van der Waals surface area contributed by atoms with Crippen molar-refractivity contribution in [2.24, 2.45) is 5.92 Å². The molecule has 0 atom stereocenters. The van der Waals surface area contributed by atoms with E-state index in [1.165, 1.54) is 0 Å². The van der Waals surface area contributed by atoms with E-state index in [2.05, 4.69) is 5.32 Å². The summed E-state index contributed by atoms with van der Waals surface area (Å²) in [5.41, 5.74) is 3.56. The number of hydrogen-bond acceptors (Lipinski definition) is 4. The van der Waals surface area contributed by atoms with E-state index in [-0.39, 0.29) is 17.7 Å². The first-order valence-corrected chi connectivity index (χ1v) is 9.83. The summed E-state index contributed by atoms with van der Waals surface area (Å²) in [7, 11) is 3.11. The number of rotatable bonds is 5. The van der Waals surface area contributed by atoms with Crippen LogP contribution in [0.4, 0.5) is 5.69 Å². The molecular weight excluding hydrogens is 368 g/mol. The van der Waals surface area contributed by atoms with Crippen LogP contribution in [0.5, 0.6) is 11.5 Å². The summed E-state index contributed by atoms with van der Waals surface area (Å²) in [6, 6.07) is 11.1. The van der Waals surface area contributed by atoms with Crippen LogP contribution in [0.15, 0.2) is 36.4 Å². The topological polar surface area (TPSA) is 67.9 Å². The fourth-order valence-corrected chi connectivity index (χ4v) is 3.73. The SMILES string of the molecule is COc1ccc(C(=O)N2CCC(C(=O)Nc3c(C)cccc3C)CC2)cc1OC. The number of anilines is 1. The van der Waals surface area contributed by atoms with Gasteiger partial charge >= 0.3 is 0 Å². The molecule has 1 aliphatic rings. The Morgan fingerprint density at radius 2 is 1.59 bits per heavy atom. The molecule has 1 aliphatic heterocycles. The largest absolute Gasteiger partial charge is 0.493 e. The number of para-hydroxylation sites is 1. The van der Waals surface area contributed by atoms with Crippen molar-refractivity contribution in [1.82, 2.24) is 4.90 Å². The molecule has 2 aromatic rings. The van der Waals surface area contributed by atoms with Crippen LogP contribution >= 0.6 is 0 Å². The molecule has 1 fully saturated rings. The van der Waals surface area contributed by atoms with Crippen LogP contribution in [0.2, 0.25) is 0 Å². The van der Waals surface area contributed by atoms with Gasteiger partial charge in [0.25, 0.3) is 5.91 Å². The molecule has 3 rings (SSSR count). The minimum absolute atomic E-state index is 0.0283. The Kier molecular flexibility index (Phi) is 6.42. The third-order valence-corrected chi connectivity index (χ3v) is 5.51. The zero-order valence-corrected chi connectivity index (χ0v) is 17.5. The molecule has 0 unspecified atom stereocenters. The molecule has 6 heteroatoms. The lowest BCUT2D eigenvalue weighted by Crippen LogP contribution is -2.41. The number of methoxy groups -OCH3 is 2. The van der Waals surface area contributed by atoms with E-state index in [4.69, 9.17) is 9.47 Å². The van der Waals surface area contributed by atoms with E-state index in [0.717, 1.165) is 16.8 Å². The van der Waals surface area contributed by atoms with E-state index >= 15 is 0 Å². The van der Waals surface area contributed by atoms with E-state index in [1.54, 1.807) is 37.3 Å². The van der Waals surface area contributed by atoms with Gasteiger partial charge < -0.3 is 19.7 Å². The summed E-state index contributed by atoms with van der Waals surface area (Å²) >= 11 is 0. The van der Waals surface area contributed by atoms with E-state index < -0.39 is 0 Å². The highest BCUT2D eigenvalue weighted by atomic mass is 16.5. The number of benzene rings is 2. The number of carbonyl (C=O) groups excluding carboxylic acids is 2. The highest BCUT2D eigenvalue weighted by Crippen LogP contribution is 2.29. The number of nitrogens with one attached hydrogen (secondary N) is 1. The lowest BCUT2D eigenvalue weighted by molar-refractivity contribution is -0.121. The first-order chi connectivity index (χ1) is 13.9. The Morgan fingerprint density at radius 1 is 0.966 bits per heavy atom. The minimum Gasteiger partial charge on any atom is -0.493 e. The molecule has 6 nitrogen and oxygen atoms in total. The van der Waals surface area contributed by atoms with Gasteiger partial charge in [-0.15, -0.1) is 0 Å². The molecule has 0 aromatic heterocycles. The van der Waals surface area contributed by atoms with Gasteiger partial charge in [0.2, 0.25) is 5.91 Å². The van der Waals surface area contributed by atoms with Gasteiger partial charge in [-0.25, -0.2) is 0 Å². The van der Waals surface area contributed by atoms with E-state index in [9.17, 15) is 9.59 Å². The van der Waals surface area contributed by atoms with Crippen molar-refractivity contribution in [3.05, 3.63) is 53.1 Å². The number of hydrogen-bond donors (Lipinski definition) is 1. The number of piperidine rings is 1. The first kappa shape index (κ1) is 20.7. The Hall–Kier alpha value is -3.02. The average molecular weight is 396 g/mol. The molecule has 0 spiro atoms.